The number of hydrogen-bond acceptors (Lipinski definition) is 6. The minimum atomic E-state index is -0.905. The molecule has 0 aliphatic carbocycles. The molecule has 0 bridgehead atoms. The van der Waals surface area contributed by atoms with Crippen LogP contribution in [-0.4, -0.2) is 39.8 Å². The Hall–Kier alpha value is -0.820. The lowest BCUT2D eigenvalue weighted by molar-refractivity contribution is 0.0368. The van der Waals surface area contributed by atoms with Crippen LogP contribution in [0.2, 0.25) is 0 Å². The van der Waals surface area contributed by atoms with Gasteiger partial charge in [0, 0.05) is 6.54 Å². The number of carbonyl (C=O) groups is 1. The monoisotopic (exact) mass is 271 g/mol. The van der Waals surface area contributed by atoms with E-state index in [9.17, 15) is 15.0 Å². The molecule has 100 valence electrons. The molecule has 0 unspecified atom stereocenters. The van der Waals surface area contributed by atoms with Gasteiger partial charge in [-0.05, 0) is 18.7 Å². The van der Waals surface area contributed by atoms with E-state index in [2.05, 4.69) is 5.32 Å². The summed E-state index contributed by atoms with van der Waals surface area (Å²) in [6.07, 6.45) is -1.71. The molecule has 1 aromatic rings. The van der Waals surface area contributed by atoms with E-state index in [4.69, 9.17) is 4.42 Å². The van der Waals surface area contributed by atoms with Crippen LogP contribution in [0.3, 0.4) is 0 Å². The summed E-state index contributed by atoms with van der Waals surface area (Å²) < 4.78 is 5.52. The van der Waals surface area contributed by atoms with Gasteiger partial charge in [0.1, 0.15) is 17.6 Å². The van der Waals surface area contributed by atoms with Crippen LogP contribution in [0.4, 0.5) is 0 Å². The highest BCUT2D eigenvalue weighted by molar-refractivity contribution is 8.14. The van der Waals surface area contributed by atoms with Gasteiger partial charge >= 0.3 is 0 Å². The van der Waals surface area contributed by atoms with E-state index < -0.39 is 18.2 Å². The fraction of sp³-hybridized carbons (Fsp3) is 0.583. The average molecular weight is 271 g/mol. The van der Waals surface area contributed by atoms with Gasteiger partial charge in [0.25, 0.3) is 0 Å². The summed E-state index contributed by atoms with van der Waals surface area (Å²) in [6, 6.07) is 1.20. The number of hydrogen-bond donors (Lipinski definition) is 3. The Morgan fingerprint density at radius 1 is 1.61 bits per heavy atom. The molecule has 0 amide bonds. The van der Waals surface area contributed by atoms with Crippen molar-refractivity contribution in [2.24, 2.45) is 0 Å². The van der Waals surface area contributed by atoms with Gasteiger partial charge < -0.3 is 19.9 Å². The third kappa shape index (κ3) is 2.47. The normalized spacial score (nSPS) is 27.7. The highest BCUT2D eigenvalue weighted by Crippen LogP contribution is 2.29. The van der Waals surface area contributed by atoms with E-state index in [1.54, 1.807) is 13.0 Å². The molecular formula is C12H17NO4S. The number of furan rings is 1. The minimum Gasteiger partial charge on any atom is -0.464 e. The Kier molecular flexibility index (Phi) is 4.11. The Bertz CT molecular complexity index is 445. The Labute approximate surface area is 110 Å². The maximum atomic E-state index is 11.8. The first-order valence-electron chi connectivity index (χ1n) is 5.91. The van der Waals surface area contributed by atoms with Gasteiger partial charge in [0.2, 0.25) is 5.12 Å². The van der Waals surface area contributed by atoms with Crippen LogP contribution in [0.5, 0.6) is 0 Å². The Morgan fingerprint density at radius 3 is 2.89 bits per heavy atom. The fourth-order valence-corrected chi connectivity index (χ4v) is 2.67. The summed E-state index contributed by atoms with van der Waals surface area (Å²) >= 11 is 1.22. The van der Waals surface area contributed by atoms with Gasteiger partial charge in [0.15, 0.2) is 0 Å². The summed E-state index contributed by atoms with van der Waals surface area (Å²) in [5.41, 5.74) is 0.534. The van der Waals surface area contributed by atoms with Crippen LogP contribution in [0.15, 0.2) is 10.5 Å². The number of nitrogens with one attached hydrogen (secondary N) is 1. The van der Waals surface area contributed by atoms with Crippen molar-refractivity contribution in [2.45, 2.75) is 32.1 Å². The number of thioether (sulfide) groups is 1. The number of rotatable bonds is 3. The summed E-state index contributed by atoms with van der Waals surface area (Å²) in [5.74, 6) is 1.75. The van der Waals surface area contributed by atoms with Crippen molar-refractivity contribution in [3.8, 4) is 0 Å². The van der Waals surface area contributed by atoms with Crippen LogP contribution in [0.25, 0.3) is 0 Å². The summed E-state index contributed by atoms with van der Waals surface area (Å²) in [4.78, 5) is 11.8. The molecule has 0 radical (unpaired) electrons. The van der Waals surface area contributed by atoms with Crippen LogP contribution < -0.4 is 5.32 Å². The molecule has 1 saturated heterocycles. The van der Waals surface area contributed by atoms with Gasteiger partial charge in [-0.3, -0.25) is 4.79 Å². The lowest BCUT2D eigenvalue weighted by Gasteiger charge is -2.12. The molecular weight excluding hydrogens is 254 g/mol. The van der Waals surface area contributed by atoms with Gasteiger partial charge in [-0.15, -0.1) is 0 Å². The quantitative estimate of drug-likeness (QED) is 0.756. The van der Waals surface area contributed by atoms with Crippen molar-refractivity contribution in [1.29, 1.82) is 0 Å². The van der Waals surface area contributed by atoms with Gasteiger partial charge in [0.05, 0.1) is 17.7 Å². The molecule has 1 fully saturated rings. The predicted octanol–water partition coefficient (Wildman–Crippen LogP) is 0.847. The Balaban J connectivity index is 2.21. The van der Waals surface area contributed by atoms with Gasteiger partial charge in [-0.2, -0.15) is 0 Å². The molecule has 1 aliphatic rings. The maximum Gasteiger partial charge on any atom is 0.222 e. The van der Waals surface area contributed by atoms with E-state index in [0.717, 1.165) is 0 Å². The van der Waals surface area contributed by atoms with Crippen molar-refractivity contribution in [1.82, 2.24) is 5.32 Å². The number of aryl methyl sites for hydroxylation is 1. The summed E-state index contributed by atoms with van der Waals surface area (Å²) in [5, 5.41) is 22.2. The number of carbonyl (C=O) groups excluding carboxylic acids is 1. The lowest BCUT2D eigenvalue weighted by atomic mass is 10.1. The number of aliphatic hydroxyl groups is 2. The fourth-order valence-electron chi connectivity index (χ4n) is 2.05. The minimum absolute atomic E-state index is 0.0296. The van der Waals surface area contributed by atoms with E-state index in [1.807, 2.05) is 6.92 Å². The molecule has 3 atom stereocenters. The van der Waals surface area contributed by atoms with E-state index >= 15 is 0 Å². The first kappa shape index (κ1) is 13.6. The molecule has 2 rings (SSSR count). The largest absolute Gasteiger partial charge is 0.464 e. The van der Waals surface area contributed by atoms with Crippen molar-refractivity contribution in [3.63, 3.8) is 0 Å². The molecule has 18 heavy (non-hydrogen) atoms. The smallest absolute Gasteiger partial charge is 0.222 e. The zero-order chi connectivity index (χ0) is 13.3. The van der Waals surface area contributed by atoms with Crippen LogP contribution in [0, 0.1) is 6.92 Å². The third-order valence-electron chi connectivity index (χ3n) is 3.02. The summed E-state index contributed by atoms with van der Waals surface area (Å²) in [6.45, 7) is 3.96. The SMILES string of the molecule is CCSC(=O)c1cc([C@@H]2NC[C@@H](O)[C@H]2O)oc1C. The average Bonchev–Trinajstić information content (AvgIpc) is 2.85. The zero-order valence-electron chi connectivity index (χ0n) is 10.3. The standard InChI is InChI=1S/C12H17NO4S/c1-3-18-12(16)7-4-9(17-6(7)2)10-11(15)8(14)5-13-10/h4,8,10-11,13-15H,3,5H2,1-2H3/t8-,10+,11-/m1/s1. The second kappa shape index (κ2) is 5.44. The Morgan fingerprint density at radius 2 is 2.33 bits per heavy atom. The molecule has 0 spiro atoms. The van der Waals surface area contributed by atoms with E-state index in [0.29, 0.717) is 29.4 Å². The van der Waals surface area contributed by atoms with Gasteiger partial charge in [-0.25, -0.2) is 0 Å². The molecule has 1 aliphatic heterocycles. The van der Waals surface area contributed by atoms with Crippen molar-refractivity contribution >= 4 is 16.9 Å². The number of β-amino-alcohol motifs (C(OH)–C–C–N with tert-alkyl or cyclic N) is 1. The second-order valence-corrected chi connectivity index (χ2v) is 5.52. The predicted molar refractivity (Wildman–Crippen MR) is 68.7 cm³/mol. The molecule has 0 aromatic carbocycles. The van der Waals surface area contributed by atoms with Crippen LogP contribution >= 0.6 is 11.8 Å². The summed E-state index contributed by atoms with van der Waals surface area (Å²) in [7, 11) is 0. The van der Waals surface area contributed by atoms with E-state index in [-0.39, 0.29) is 5.12 Å². The van der Waals surface area contributed by atoms with Crippen LogP contribution in [-0.2, 0) is 0 Å². The van der Waals surface area contributed by atoms with E-state index in [1.165, 1.54) is 11.8 Å². The number of aliphatic hydroxyl groups excluding tert-OH is 2. The second-order valence-electron chi connectivity index (χ2n) is 4.28. The maximum absolute atomic E-state index is 11.8. The zero-order valence-corrected chi connectivity index (χ0v) is 11.2. The van der Waals surface area contributed by atoms with Crippen molar-refractivity contribution in [2.75, 3.05) is 12.3 Å². The topological polar surface area (TPSA) is 82.7 Å². The molecule has 5 nitrogen and oxygen atoms in total. The van der Waals surface area contributed by atoms with Crippen molar-refractivity contribution < 1.29 is 19.4 Å². The highest BCUT2D eigenvalue weighted by Gasteiger charge is 2.36. The van der Waals surface area contributed by atoms with Gasteiger partial charge in [-0.1, -0.05) is 18.7 Å². The first-order chi connectivity index (χ1) is 8.54. The molecule has 2 heterocycles. The van der Waals surface area contributed by atoms with Crippen LogP contribution in [0.1, 0.15) is 34.8 Å². The third-order valence-corrected chi connectivity index (χ3v) is 3.79. The molecule has 1 aromatic heterocycles. The van der Waals surface area contributed by atoms with Crippen molar-refractivity contribution in [3.05, 3.63) is 23.2 Å². The molecule has 3 N–H and O–H groups in total. The lowest BCUT2D eigenvalue weighted by Crippen LogP contribution is -2.25. The highest BCUT2D eigenvalue weighted by atomic mass is 32.2. The first-order valence-corrected chi connectivity index (χ1v) is 6.90. The molecule has 0 saturated carbocycles. The molecule has 6 heteroatoms.